The van der Waals surface area contributed by atoms with E-state index in [1.807, 2.05) is 48.5 Å². The molecule has 0 aliphatic rings. The number of hydrogen-bond acceptors (Lipinski definition) is 3. The molecule has 5 heteroatoms. The molecule has 25 heavy (non-hydrogen) atoms. The summed E-state index contributed by atoms with van der Waals surface area (Å²) >= 11 is 0. The van der Waals surface area contributed by atoms with Crippen LogP contribution in [0.3, 0.4) is 0 Å². The number of aromatic nitrogens is 2. The molecule has 3 rings (SSSR count). The fourth-order valence-electron chi connectivity index (χ4n) is 2.71. The van der Waals surface area contributed by atoms with Gasteiger partial charge in [-0.15, -0.1) is 0 Å². The predicted molar refractivity (Wildman–Crippen MR) is 95.4 cm³/mol. The van der Waals surface area contributed by atoms with Gasteiger partial charge in [-0.3, -0.25) is 14.6 Å². The number of pyridine rings is 1. The van der Waals surface area contributed by atoms with Gasteiger partial charge in [0, 0.05) is 25.0 Å². The van der Waals surface area contributed by atoms with Gasteiger partial charge in [-0.2, -0.15) is 0 Å². The van der Waals surface area contributed by atoms with Crippen LogP contribution in [0.15, 0.2) is 67.0 Å². The second kappa shape index (κ2) is 7.13. The minimum Gasteiger partial charge on any atom is -0.346 e. The van der Waals surface area contributed by atoms with E-state index in [0.717, 1.165) is 11.3 Å². The summed E-state index contributed by atoms with van der Waals surface area (Å²) in [5.74, 6) is -0.325. The highest BCUT2D eigenvalue weighted by Gasteiger charge is 2.21. The van der Waals surface area contributed by atoms with Crippen molar-refractivity contribution in [2.24, 2.45) is 7.05 Å². The number of amides is 1. The highest BCUT2D eigenvalue weighted by atomic mass is 16.2. The Morgan fingerprint density at radius 1 is 1.08 bits per heavy atom. The normalized spacial score (nSPS) is 11.8. The summed E-state index contributed by atoms with van der Waals surface area (Å²) in [4.78, 5) is 28.7. The van der Waals surface area contributed by atoms with E-state index in [1.54, 1.807) is 30.1 Å². The maximum Gasteiger partial charge on any atom is 0.268 e. The first-order valence-corrected chi connectivity index (χ1v) is 8.00. The summed E-state index contributed by atoms with van der Waals surface area (Å²) in [5, 5.41) is 3.03. The Balaban J connectivity index is 1.93. The summed E-state index contributed by atoms with van der Waals surface area (Å²) in [5.41, 5.74) is 2.64. The van der Waals surface area contributed by atoms with E-state index in [-0.39, 0.29) is 17.7 Å². The smallest absolute Gasteiger partial charge is 0.268 e. The Kier molecular flexibility index (Phi) is 4.75. The first-order chi connectivity index (χ1) is 12.1. The maximum absolute atomic E-state index is 12.8. The highest BCUT2D eigenvalue weighted by molar-refractivity contribution is 5.99. The lowest BCUT2D eigenvalue weighted by Gasteiger charge is -2.19. The summed E-state index contributed by atoms with van der Waals surface area (Å²) in [6, 6.07) is 16.5. The molecule has 3 aromatic rings. The molecule has 1 amide bonds. The standard InChI is InChI=1S/C20H19N3O2/c1-14(24)16-12-18(23(2)13-16)20(25)22-19(15-8-4-3-5-9-15)17-10-6-7-11-21-17/h3-13,19H,1-2H3,(H,22,25)/t19-/m1/s1. The lowest BCUT2D eigenvalue weighted by atomic mass is 10.0. The van der Waals surface area contributed by atoms with Crippen LogP contribution in [0.25, 0.3) is 0 Å². The van der Waals surface area contributed by atoms with Crippen molar-refractivity contribution in [2.75, 3.05) is 0 Å². The largest absolute Gasteiger partial charge is 0.346 e. The van der Waals surface area contributed by atoms with Crippen LogP contribution in [-0.4, -0.2) is 21.2 Å². The Morgan fingerprint density at radius 2 is 1.80 bits per heavy atom. The van der Waals surface area contributed by atoms with Crippen molar-refractivity contribution in [3.63, 3.8) is 0 Å². The molecule has 2 aromatic heterocycles. The van der Waals surface area contributed by atoms with Crippen LogP contribution in [0.2, 0.25) is 0 Å². The van der Waals surface area contributed by atoms with Gasteiger partial charge in [-0.05, 0) is 30.7 Å². The molecule has 0 radical (unpaired) electrons. The fourth-order valence-corrected chi connectivity index (χ4v) is 2.71. The lowest BCUT2D eigenvalue weighted by molar-refractivity contribution is 0.0934. The van der Waals surface area contributed by atoms with Crippen molar-refractivity contribution in [3.05, 3.63) is 89.5 Å². The summed E-state index contributed by atoms with van der Waals surface area (Å²) in [7, 11) is 1.75. The molecule has 1 N–H and O–H groups in total. The Morgan fingerprint density at radius 3 is 2.40 bits per heavy atom. The van der Waals surface area contributed by atoms with Crippen LogP contribution < -0.4 is 5.32 Å². The molecule has 1 atom stereocenters. The third kappa shape index (κ3) is 3.66. The van der Waals surface area contributed by atoms with E-state index >= 15 is 0 Å². The van der Waals surface area contributed by atoms with E-state index in [0.29, 0.717) is 11.3 Å². The van der Waals surface area contributed by atoms with Crippen LogP contribution >= 0.6 is 0 Å². The van der Waals surface area contributed by atoms with Gasteiger partial charge in [-0.25, -0.2) is 0 Å². The van der Waals surface area contributed by atoms with Gasteiger partial charge in [0.15, 0.2) is 5.78 Å². The van der Waals surface area contributed by atoms with E-state index in [2.05, 4.69) is 10.3 Å². The zero-order valence-electron chi connectivity index (χ0n) is 14.1. The fraction of sp³-hybridized carbons (Fsp3) is 0.150. The number of hydrogen-bond donors (Lipinski definition) is 1. The number of rotatable bonds is 5. The Labute approximate surface area is 146 Å². The third-order valence-electron chi connectivity index (χ3n) is 4.04. The molecular formula is C20H19N3O2. The van der Waals surface area contributed by atoms with Gasteiger partial charge in [0.2, 0.25) is 0 Å². The van der Waals surface area contributed by atoms with Gasteiger partial charge in [0.1, 0.15) is 5.69 Å². The zero-order valence-corrected chi connectivity index (χ0v) is 14.1. The van der Waals surface area contributed by atoms with E-state index < -0.39 is 0 Å². The number of aryl methyl sites for hydroxylation is 1. The second-order valence-corrected chi connectivity index (χ2v) is 5.85. The van der Waals surface area contributed by atoms with Crippen molar-refractivity contribution in [3.8, 4) is 0 Å². The van der Waals surface area contributed by atoms with Gasteiger partial charge in [-0.1, -0.05) is 36.4 Å². The van der Waals surface area contributed by atoms with Crippen molar-refractivity contribution in [1.82, 2.24) is 14.9 Å². The summed E-state index contributed by atoms with van der Waals surface area (Å²) < 4.78 is 1.66. The van der Waals surface area contributed by atoms with Gasteiger partial charge < -0.3 is 9.88 Å². The van der Waals surface area contributed by atoms with E-state index in [1.165, 1.54) is 6.92 Å². The van der Waals surface area contributed by atoms with Crippen molar-refractivity contribution < 1.29 is 9.59 Å². The molecule has 0 bridgehead atoms. The predicted octanol–water partition coefficient (Wildman–Crippen LogP) is 3.14. The molecule has 0 unspecified atom stereocenters. The molecule has 0 aliphatic heterocycles. The number of nitrogens with one attached hydrogen (secondary N) is 1. The van der Waals surface area contributed by atoms with Gasteiger partial charge in [0.25, 0.3) is 5.91 Å². The molecule has 5 nitrogen and oxygen atoms in total. The van der Waals surface area contributed by atoms with Crippen molar-refractivity contribution >= 4 is 11.7 Å². The molecule has 0 spiro atoms. The molecule has 2 heterocycles. The molecule has 0 aliphatic carbocycles. The number of ketones is 1. The first kappa shape index (κ1) is 16.6. The van der Waals surface area contributed by atoms with Crippen LogP contribution in [0.1, 0.15) is 45.1 Å². The average Bonchev–Trinajstić information content (AvgIpc) is 3.03. The molecule has 0 saturated heterocycles. The van der Waals surface area contributed by atoms with Gasteiger partial charge in [0.05, 0.1) is 11.7 Å². The Hall–Kier alpha value is -3.21. The van der Waals surface area contributed by atoms with Crippen molar-refractivity contribution in [1.29, 1.82) is 0 Å². The first-order valence-electron chi connectivity index (χ1n) is 8.00. The second-order valence-electron chi connectivity index (χ2n) is 5.85. The summed E-state index contributed by atoms with van der Waals surface area (Å²) in [6.07, 6.45) is 3.36. The molecule has 1 aromatic carbocycles. The maximum atomic E-state index is 12.8. The topological polar surface area (TPSA) is 64.0 Å². The molecule has 0 fully saturated rings. The highest BCUT2D eigenvalue weighted by Crippen LogP contribution is 2.21. The number of carbonyl (C=O) groups excluding carboxylic acids is 2. The molecule has 0 saturated carbocycles. The molecular weight excluding hydrogens is 314 g/mol. The van der Waals surface area contributed by atoms with Crippen LogP contribution in [0, 0.1) is 0 Å². The SMILES string of the molecule is CC(=O)c1cc(C(=O)N[C@H](c2ccccc2)c2ccccn2)n(C)c1. The van der Waals surface area contributed by atoms with Gasteiger partial charge >= 0.3 is 0 Å². The third-order valence-corrected chi connectivity index (χ3v) is 4.04. The summed E-state index contributed by atoms with van der Waals surface area (Å²) in [6.45, 7) is 1.48. The number of nitrogens with zero attached hydrogens (tertiary/aromatic N) is 2. The minimum atomic E-state index is -0.370. The quantitative estimate of drug-likeness (QED) is 0.730. The van der Waals surface area contributed by atoms with Crippen molar-refractivity contribution in [2.45, 2.75) is 13.0 Å². The number of carbonyl (C=O) groups is 2. The minimum absolute atomic E-state index is 0.0704. The van der Waals surface area contributed by atoms with Crippen LogP contribution in [0.4, 0.5) is 0 Å². The zero-order chi connectivity index (χ0) is 17.8. The number of Topliss-reactive ketones (excluding diaryl/α,β-unsaturated/α-hetero) is 1. The lowest BCUT2D eigenvalue weighted by Crippen LogP contribution is -2.31. The van der Waals surface area contributed by atoms with E-state index in [4.69, 9.17) is 0 Å². The van der Waals surface area contributed by atoms with Crippen LogP contribution in [-0.2, 0) is 7.05 Å². The average molecular weight is 333 g/mol. The Bertz CT molecular complexity index is 846. The monoisotopic (exact) mass is 333 g/mol. The van der Waals surface area contributed by atoms with E-state index in [9.17, 15) is 9.59 Å². The van der Waals surface area contributed by atoms with Crippen LogP contribution in [0.5, 0.6) is 0 Å². The number of benzene rings is 1. The molecule has 126 valence electrons.